The largest absolute Gasteiger partial charge is 0.480 e. The van der Waals surface area contributed by atoms with E-state index >= 15 is 0 Å². The van der Waals surface area contributed by atoms with Crippen molar-refractivity contribution >= 4 is 45.3 Å². The number of nitrogens with one attached hydrogen (secondary N) is 2. The molecule has 1 saturated carbocycles. The van der Waals surface area contributed by atoms with Crippen LogP contribution in [0.5, 0.6) is 0 Å². The fourth-order valence-electron chi connectivity index (χ4n) is 3.59. The number of esters is 1. The minimum absolute atomic E-state index is 0.0334. The summed E-state index contributed by atoms with van der Waals surface area (Å²) in [6.45, 7) is 1.71. The zero-order valence-corrected chi connectivity index (χ0v) is 21.4. The molecular weight excluding hydrogens is 464 g/mol. The lowest BCUT2D eigenvalue weighted by Gasteiger charge is -2.17. The van der Waals surface area contributed by atoms with Gasteiger partial charge in [0.15, 0.2) is 0 Å². The first kappa shape index (κ1) is 29.6. The van der Waals surface area contributed by atoms with Gasteiger partial charge in [-0.1, -0.05) is 60.1 Å². The SMILES string of the molecule is CC(=O)N[C@@H](CSSCCC(=O)NCCCC(=O)OC1CCCCCCCCCC1)C(=O)O. The van der Waals surface area contributed by atoms with Crippen molar-refractivity contribution in [1.29, 1.82) is 0 Å². The van der Waals surface area contributed by atoms with Gasteiger partial charge in [-0.25, -0.2) is 4.79 Å². The van der Waals surface area contributed by atoms with Gasteiger partial charge in [0.2, 0.25) is 11.8 Å². The van der Waals surface area contributed by atoms with E-state index in [4.69, 9.17) is 9.84 Å². The first-order valence-corrected chi connectivity index (χ1v) is 14.6. The average Bonchev–Trinajstić information content (AvgIpc) is 2.81. The van der Waals surface area contributed by atoms with Crippen molar-refractivity contribution in [2.24, 2.45) is 0 Å². The highest BCUT2D eigenvalue weighted by Crippen LogP contribution is 2.23. The minimum atomic E-state index is -1.08. The number of amides is 2. The standard InChI is InChI=1S/C23H40N2O6S2/c1-18(26)25-20(23(29)30)17-33-32-16-14-21(27)24-15-10-13-22(28)31-19-11-8-6-4-2-3-5-7-9-12-19/h19-20H,2-17H2,1H3,(H,24,27)(H,25,26)(H,29,30)/t20-/m0/s1. The highest BCUT2D eigenvalue weighted by atomic mass is 33.1. The van der Waals surface area contributed by atoms with Crippen LogP contribution in [0.3, 0.4) is 0 Å². The number of rotatable bonds is 13. The van der Waals surface area contributed by atoms with Gasteiger partial charge in [0.1, 0.15) is 12.1 Å². The third-order valence-electron chi connectivity index (χ3n) is 5.39. The lowest BCUT2D eigenvalue weighted by molar-refractivity contribution is -0.150. The molecule has 0 spiro atoms. The van der Waals surface area contributed by atoms with E-state index in [1.54, 1.807) is 0 Å². The molecule has 0 aromatic rings. The Balaban J connectivity index is 2.09. The smallest absolute Gasteiger partial charge is 0.327 e. The van der Waals surface area contributed by atoms with Crippen molar-refractivity contribution in [3.8, 4) is 0 Å². The Morgan fingerprint density at radius 3 is 2.12 bits per heavy atom. The Kier molecular flexibility index (Phi) is 17.0. The average molecular weight is 505 g/mol. The Morgan fingerprint density at radius 2 is 1.55 bits per heavy atom. The van der Waals surface area contributed by atoms with E-state index in [0.717, 1.165) is 25.7 Å². The molecule has 0 aromatic heterocycles. The molecule has 8 nitrogen and oxygen atoms in total. The van der Waals surface area contributed by atoms with Crippen LogP contribution < -0.4 is 10.6 Å². The summed E-state index contributed by atoms with van der Waals surface area (Å²) in [5.74, 6) is -0.982. The molecule has 0 unspecified atom stereocenters. The van der Waals surface area contributed by atoms with E-state index in [-0.39, 0.29) is 29.6 Å². The van der Waals surface area contributed by atoms with Crippen molar-refractivity contribution < 1.29 is 29.0 Å². The first-order valence-electron chi connectivity index (χ1n) is 12.1. The predicted molar refractivity (Wildman–Crippen MR) is 133 cm³/mol. The van der Waals surface area contributed by atoms with E-state index in [9.17, 15) is 19.2 Å². The van der Waals surface area contributed by atoms with Gasteiger partial charge in [0.05, 0.1) is 0 Å². The van der Waals surface area contributed by atoms with Crippen LogP contribution in [0.4, 0.5) is 0 Å². The van der Waals surface area contributed by atoms with Crippen LogP contribution in [0.25, 0.3) is 0 Å². The molecular formula is C23H40N2O6S2. The Morgan fingerprint density at radius 1 is 0.939 bits per heavy atom. The third kappa shape index (κ3) is 16.8. The zero-order chi connectivity index (χ0) is 24.3. The molecule has 10 heteroatoms. The van der Waals surface area contributed by atoms with Gasteiger partial charge in [-0.05, 0) is 32.1 Å². The first-order chi connectivity index (χ1) is 15.9. The molecule has 0 aromatic carbocycles. The molecule has 3 N–H and O–H groups in total. The van der Waals surface area contributed by atoms with E-state index in [1.807, 2.05) is 0 Å². The topological polar surface area (TPSA) is 122 Å². The maximum atomic E-state index is 12.2. The summed E-state index contributed by atoms with van der Waals surface area (Å²) in [4.78, 5) is 46.1. The summed E-state index contributed by atoms with van der Waals surface area (Å²) in [6.07, 6.45) is 13.0. The fraction of sp³-hybridized carbons (Fsp3) is 0.826. The maximum absolute atomic E-state index is 12.2. The van der Waals surface area contributed by atoms with Gasteiger partial charge in [-0.15, -0.1) is 0 Å². The van der Waals surface area contributed by atoms with Crippen LogP contribution >= 0.6 is 21.6 Å². The molecule has 0 bridgehead atoms. The van der Waals surface area contributed by atoms with Crippen LogP contribution in [0, 0.1) is 0 Å². The normalized spacial score (nSPS) is 16.8. The second-order valence-electron chi connectivity index (χ2n) is 8.42. The molecule has 2 amide bonds. The van der Waals surface area contributed by atoms with Crippen LogP contribution in [0.1, 0.15) is 90.4 Å². The number of carbonyl (C=O) groups is 4. The number of carboxylic acids is 1. The second-order valence-corrected chi connectivity index (χ2v) is 11.0. The van der Waals surface area contributed by atoms with Crippen molar-refractivity contribution in [1.82, 2.24) is 10.6 Å². The van der Waals surface area contributed by atoms with Crippen LogP contribution in [0.2, 0.25) is 0 Å². The summed E-state index contributed by atoms with van der Waals surface area (Å²) < 4.78 is 5.70. The van der Waals surface area contributed by atoms with E-state index < -0.39 is 12.0 Å². The molecule has 0 aliphatic heterocycles. The molecule has 0 saturated heterocycles. The summed E-state index contributed by atoms with van der Waals surface area (Å²) in [5, 5.41) is 14.2. The van der Waals surface area contributed by atoms with Crippen LogP contribution in [-0.4, -0.2) is 59.1 Å². The van der Waals surface area contributed by atoms with Gasteiger partial charge >= 0.3 is 11.9 Å². The summed E-state index contributed by atoms with van der Waals surface area (Å²) in [5.41, 5.74) is 0. The predicted octanol–water partition coefficient (Wildman–Crippen LogP) is 4.07. The van der Waals surface area contributed by atoms with Gasteiger partial charge in [0.25, 0.3) is 0 Å². The summed E-state index contributed by atoms with van der Waals surface area (Å²) in [7, 11) is 2.70. The van der Waals surface area contributed by atoms with Crippen molar-refractivity contribution in [2.75, 3.05) is 18.1 Å². The quantitative estimate of drug-likeness (QED) is 0.195. The van der Waals surface area contributed by atoms with Crippen molar-refractivity contribution in [3.63, 3.8) is 0 Å². The highest BCUT2D eigenvalue weighted by Gasteiger charge is 2.18. The zero-order valence-electron chi connectivity index (χ0n) is 19.8. The lowest BCUT2D eigenvalue weighted by atomic mass is 10.1. The molecule has 33 heavy (non-hydrogen) atoms. The van der Waals surface area contributed by atoms with Gasteiger partial charge in [-0.2, -0.15) is 0 Å². The van der Waals surface area contributed by atoms with Crippen molar-refractivity contribution in [2.45, 2.75) is 103 Å². The van der Waals surface area contributed by atoms with Crippen LogP contribution in [-0.2, 0) is 23.9 Å². The molecule has 0 radical (unpaired) electrons. The fourth-order valence-corrected chi connectivity index (χ4v) is 5.74. The van der Waals surface area contributed by atoms with Crippen molar-refractivity contribution in [3.05, 3.63) is 0 Å². The molecule has 190 valence electrons. The molecule has 1 rings (SSSR count). The Bertz CT molecular complexity index is 594. The lowest BCUT2D eigenvalue weighted by Crippen LogP contribution is -2.41. The number of hydrogen-bond donors (Lipinski definition) is 3. The highest BCUT2D eigenvalue weighted by molar-refractivity contribution is 8.76. The Labute approximate surface area is 205 Å². The molecule has 1 aliphatic carbocycles. The van der Waals surface area contributed by atoms with Gasteiger partial charge in [0, 0.05) is 37.8 Å². The van der Waals surface area contributed by atoms with E-state index in [1.165, 1.54) is 67.0 Å². The minimum Gasteiger partial charge on any atom is -0.480 e. The maximum Gasteiger partial charge on any atom is 0.327 e. The number of carboxylic acid groups (broad SMARTS) is 1. The van der Waals surface area contributed by atoms with Gasteiger partial charge in [-0.3, -0.25) is 14.4 Å². The number of hydrogen-bond acceptors (Lipinski definition) is 7. The monoisotopic (exact) mass is 504 g/mol. The third-order valence-corrected chi connectivity index (χ3v) is 7.80. The second kappa shape index (κ2) is 18.9. The van der Waals surface area contributed by atoms with Gasteiger partial charge < -0.3 is 20.5 Å². The molecule has 1 atom stereocenters. The summed E-state index contributed by atoms with van der Waals surface area (Å²) >= 11 is 0. The number of ether oxygens (including phenoxy) is 1. The molecule has 1 aliphatic rings. The molecule has 0 heterocycles. The number of aliphatic carboxylic acids is 1. The van der Waals surface area contributed by atoms with E-state index in [2.05, 4.69) is 10.6 Å². The summed E-state index contributed by atoms with van der Waals surface area (Å²) in [6, 6.07) is -0.936. The molecule has 1 fully saturated rings. The number of carbonyl (C=O) groups excluding carboxylic acids is 3. The Hall–Kier alpha value is -1.42. The van der Waals surface area contributed by atoms with Crippen LogP contribution in [0.15, 0.2) is 0 Å². The van der Waals surface area contributed by atoms with E-state index in [0.29, 0.717) is 31.6 Å².